The molecule has 2 atom stereocenters. The fraction of sp³-hybridized carbons (Fsp3) is 0.300. The summed E-state index contributed by atoms with van der Waals surface area (Å²) in [7, 11) is 0. The molecule has 1 aliphatic heterocycles. The van der Waals surface area contributed by atoms with Gasteiger partial charge < -0.3 is 24.8 Å². The molecule has 7 nitrogen and oxygen atoms in total. The molecule has 0 amide bonds. The predicted molar refractivity (Wildman–Crippen MR) is 107 cm³/mol. The van der Waals surface area contributed by atoms with E-state index in [4.69, 9.17) is 16.3 Å². The molecule has 29 heavy (non-hydrogen) atoms. The molecule has 2 aromatic carbocycles. The highest BCUT2D eigenvalue weighted by Gasteiger charge is 2.42. The molecule has 152 valence electrons. The fourth-order valence-corrected chi connectivity index (χ4v) is 3.61. The summed E-state index contributed by atoms with van der Waals surface area (Å²) in [6.45, 7) is 0.164. The number of fused-ring (bicyclic) bond motifs is 1. The lowest BCUT2D eigenvalue weighted by Crippen LogP contribution is -2.58. The highest BCUT2D eigenvalue weighted by atomic mass is 35.5. The average Bonchev–Trinajstić information content (AvgIpc) is 2.69. The number of H-pyrrole nitrogens is 1. The van der Waals surface area contributed by atoms with Gasteiger partial charge in [0.05, 0.1) is 17.4 Å². The molecular weight excluding hydrogens is 401 g/mol. The third kappa shape index (κ3) is 3.91. The number of aromatic nitrogens is 2. The van der Waals surface area contributed by atoms with E-state index in [0.29, 0.717) is 29.0 Å². The monoisotopic (exact) mass is 419 g/mol. The topological polar surface area (TPSA) is 98.7 Å². The largest absolute Gasteiger partial charge is 0.488 e. The quantitative estimate of drug-likeness (QED) is 0.599. The molecule has 0 aliphatic carbocycles. The van der Waals surface area contributed by atoms with Crippen LogP contribution >= 0.6 is 11.6 Å². The van der Waals surface area contributed by atoms with Crippen molar-refractivity contribution in [3.8, 4) is 5.75 Å². The molecule has 3 N–H and O–H groups in total. The number of para-hydroxylation sites is 1. The molecule has 1 fully saturated rings. The molecule has 1 aromatic heterocycles. The molecule has 0 bridgehead atoms. The number of hydrogen-bond acceptors (Lipinski definition) is 6. The number of β-amino-alcohol motifs (C(OH)–C–C–N with tert-alkyl or cyclic N) is 1. The van der Waals surface area contributed by atoms with Crippen LogP contribution in [-0.4, -0.2) is 51.6 Å². The van der Waals surface area contributed by atoms with Gasteiger partial charge in [0.25, 0.3) is 5.56 Å². The van der Waals surface area contributed by atoms with E-state index in [-0.39, 0.29) is 30.2 Å². The number of piperidine rings is 1. The number of hydrogen-bond donors (Lipinski definition) is 3. The molecule has 9 heteroatoms. The van der Waals surface area contributed by atoms with Crippen molar-refractivity contribution in [3.05, 3.63) is 63.8 Å². The van der Waals surface area contributed by atoms with Crippen molar-refractivity contribution in [2.24, 2.45) is 0 Å². The second-order valence-electron chi connectivity index (χ2n) is 7.10. The van der Waals surface area contributed by atoms with Crippen molar-refractivity contribution in [1.29, 1.82) is 0 Å². The third-order valence-electron chi connectivity index (χ3n) is 5.13. The van der Waals surface area contributed by atoms with Crippen molar-refractivity contribution >= 4 is 28.3 Å². The predicted octanol–water partition coefficient (Wildman–Crippen LogP) is 2.10. The summed E-state index contributed by atoms with van der Waals surface area (Å²) >= 11 is 5.79. The first-order valence-corrected chi connectivity index (χ1v) is 9.45. The third-order valence-corrected chi connectivity index (χ3v) is 5.36. The van der Waals surface area contributed by atoms with Crippen LogP contribution in [-0.2, 0) is 0 Å². The minimum Gasteiger partial charge on any atom is -0.488 e. The number of aliphatic hydroxyl groups excluding tert-OH is 1. The van der Waals surface area contributed by atoms with Crippen LogP contribution in [0.3, 0.4) is 0 Å². The molecule has 4 rings (SSSR count). The Labute approximate surface area is 170 Å². The lowest BCUT2D eigenvalue weighted by molar-refractivity contribution is -0.108. The van der Waals surface area contributed by atoms with Gasteiger partial charge in [-0.3, -0.25) is 4.79 Å². The summed E-state index contributed by atoms with van der Waals surface area (Å²) < 4.78 is 19.9. The second-order valence-corrected chi connectivity index (χ2v) is 7.53. The Morgan fingerprint density at radius 3 is 2.97 bits per heavy atom. The maximum Gasteiger partial charge on any atom is 0.266 e. The highest BCUT2D eigenvalue weighted by Crippen LogP contribution is 2.31. The lowest BCUT2D eigenvalue weighted by atomic mass is 9.89. The van der Waals surface area contributed by atoms with Gasteiger partial charge in [-0.25, -0.2) is 9.37 Å². The van der Waals surface area contributed by atoms with Gasteiger partial charge in [-0.05, 0) is 36.8 Å². The van der Waals surface area contributed by atoms with Crippen molar-refractivity contribution in [2.45, 2.75) is 18.1 Å². The van der Waals surface area contributed by atoms with Gasteiger partial charge >= 0.3 is 0 Å². The standard InChI is InChI=1S/C20H19ClFN3O4/c21-12-4-5-15(13(22)8-12)25-7-6-20(28,17(26)10-25)11-29-16-3-1-2-14-19(16)24-18(27)9-23-14/h1-5,8-9,17,26,28H,6-7,10-11H2,(H,24,27)/t17-,20-/m1/s1. The Balaban J connectivity index is 1.49. The zero-order chi connectivity index (χ0) is 20.6. The van der Waals surface area contributed by atoms with Crippen LogP contribution in [0.15, 0.2) is 47.4 Å². The summed E-state index contributed by atoms with van der Waals surface area (Å²) in [4.78, 5) is 19.9. The van der Waals surface area contributed by atoms with Crippen molar-refractivity contribution < 1.29 is 19.3 Å². The van der Waals surface area contributed by atoms with Gasteiger partial charge in [-0.1, -0.05) is 17.7 Å². The first-order valence-electron chi connectivity index (χ1n) is 9.07. The number of nitrogens with zero attached hydrogens (tertiary/aromatic N) is 2. The molecule has 0 spiro atoms. The number of nitrogens with one attached hydrogen (secondary N) is 1. The van der Waals surface area contributed by atoms with Gasteiger partial charge in [0.2, 0.25) is 0 Å². The van der Waals surface area contributed by atoms with Crippen LogP contribution in [0.1, 0.15) is 6.42 Å². The summed E-state index contributed by atoms with van der Waals surface area (Å²) in [5.41, 5.74) is -0.620. The summed E-state index contributed by atoms with van der Waals surface area (Å²) in [5, 5.41) is 21.7. The summed E-state index contributed by atoms with van der Waals surface area (Å²) in [6.07, 6.45) is 0.170. The SMILES string of the molecule is O=c1cnc2cccc(OC[C@]3(O)CCN(c4ccc(Cl)cc4F)C[C@H]3O)c2[nH]1. The van der Waals surface area contributed by atoms with Gasteiger partial charge in [0.1, 0.15) is 35.4 Å². The summed E-state index contributed by atoms with van der Waals surface area (Å²) in [6, 6.07) is 9.42. The van der Waals surface area contributed by atoms with E-state index in [1.54, 1.807) is 35.2 Å². The zero-order valence-corrected chi connectivity index (χ0v) is 16.1. The van der Waals surface area contributed by atoms with Gasteiger partial charge in [-0.2, -0.15) is 0 Å². The maximum atomic E-state index is 14.2. The van der Waals surface area contributed by atoms with E-state index in [1.165, 1.54) is 12.3 Å². The molecule has 1 saturated heterocycles. The van der Waals surface area contributed by atoms with E-state index in [2.05, 4.69) is 9.97 Å². The molecule has 0 saturated carbocycles. The Hall–Kier alpha value is -2.68. The van der Waals surface area contributed by atoms with E-state index < -0.39 is 17.5 Å². The second kappa shape index (κ2) is 7.62. The van der Waals surface area contributed by atoms with E-state index in [0.717, 1.165) is 0 Å². The number of rotatable bonds is 4. The maximum absolute atomic E-state index is 14.2. The highest BCUT2D eigenvalue weighted by molar-refractivity contribution is 6.30. The van der Waals surface area contributed by atoms with E-state index >= 15 is 0 Å². The lowest BCUT2D eigenvalue weighted by Gasteiger charge is -2.42. The van der Waals surface area contributed by atoms with Crippen molar-refractivity contribution in [3.63, 3.8) is 0 Å². The van der Waals surface area contributed by atoms with Crippen LogP contribution in [0, 0.1) is 5.82 Å². The number of ether oxygens (including phenoxy) is 1. The van der Waals surface area contributed by atoms with Crippen molar-refractivity contribution in [2.75, 3.05) is 24.6 Å². The molecule has 2 heterocycles. The van der Waals surface area contributed by atoms with Crippen LogP contribution in [0.4, 0.5) is 10.1 Å². The average molecular weight is 420 g/mol. The van der Waals surface area contributed by atoms with Crippen molar-refractivity contribution in [1.82, 2.24) is 9.97 Å². The Morgan fingerprint density at radius 2 is 2.21 bits per heavy atom. The number of anilines is 1. The summed E-state index contributed by atoms with van der Waals surface area (Å²) in [5.74, 6) is -0.141. The number of aromatic amines is 1. The first kappa shape index (κ1) is 19.6. The molecule has 0 unspecified atom stereocenters. The van der Waals surface area contributed by atoms with Gasteiger partial charge in [-0.15, -0.1) is 0 Å². The fourth-order valence-electron chi connectivity index (χ4n) is 3.45. The van der Waals surface area contributed by atoms with Gasteiger partial charge in [0.15, 0.2) is 0 Å². The minimum absolute atomic E-state index is 0.0341. The van der Waals surface area contributed by atoms with E-state index in [9.17, 15) is 19.4 Å². The normalized spacial score (nSPS) is 22.1. The number of benzene rings is 2. The molecule has 0 radical (unpaired) electrons. The smallest absolute Gasteiger partial charge is 0.266 e. The number of halogens is 2. The Morgan fingerprint density at radius 1 is 1.38 bits per heavy atom. The van der Waals surface area contributed by atoms with Crippen LogP contribution < -0.4 is 15.2 Å². The number of aliphatic hydroxyl groups is 2. The van der Waals surface area contributed by atoms with Crippen LogP contribution in [0.25, 0.3) is 11.0 Å². The minimum atomic E-state index is -1.52. The van der Waals surface area contributed by atoms with E-state index in [1.807, 2.05) is 0 Å². The van der Waals surface area contributed by atoms with Crippen LogP contribution in [0.5, 0.6) is 5.75 Å². The Bertz CT molecular complexity index is 1110. The van der Waals surface area contributed by atoms with Gasteiger partial charge in [0, 0.05) is 18.1 Å². The van der Waals surface area contributed by atoms with Crippen LogP contribution in [0.2, 0.25) is 5.02 Å². The Kier molecular flexibility index (Phi) is 5.16. The molecular formula is C20H19ClFN3O4. The molecule has 1 aliphatic rings. The first-order chi connectivity index (χ1) is 13.9. The molecule has 3 aromatic rings. The zero-order valence-electron chi connectivity index (χ0n) is 15.3.